The van der Waals surface area contributed by atoms with Crippen LogP contribution in [0.15, 0.2) is 36.5 Å². The fourth-order valence-corrected chi connectivity index (χ4v) is 6.85. The van der Waals surface area contributed by atoms with Gasteiger partial charge in [0.05, 0.1) is 13.2 Å². The number of carboxylic acids is 1. The predicted molar refractivity (Wildman–Crippen MR) is 231 cm³/mol. The van der Waals surface area contributed by atoms with Gasteiger partial charge in [0.25, 0.3) is 0 Å². The van der Waals surface area contributed by atoms with Crippen molar-refractivity contribution in [1.82, 2.24) is 0 Å². The van der Waals surface area contributed by atoms with Crippen LogP contribution in [0.4, 0.5) is 0 Å². The second-order valence-corrected chi connectivity index (χ2v) is 16.6. The first-order valence-corrected chi connectivity index (χ1v) is 24.0. The van der Waals surface area contributed by atoms with Crippen LogP contribution >= 0.6 is 7.82 Å². The summed E-state index contributed by atoms with van der Waals surface area (Å²) in [6, 6.07) is -1.52. The van der Waals surface area contributed by atoms with Crippen LogP contribution in [0.1, 0.15) is 200 Å². The minimum absolute atomic E-state index is 0.137. The monoisotopic (exact) mass is 828 g/mol. The Morgan fingerprint density at radius 2 is 0.930 bits per heavy atom. The molecule has 0 fully saturated rings. The molecule has 0 aromatic heterocycles. The number of unbranched alkanes of at least 4 members (excludes halogenated alkanes) is 22. The van der Waals surface area contributed by atoms with Crippen molar-refractivity contribution >= 4 is 25.7 Å². The van der Waals surface area contributed by atoms with E-state index in [9.17, 15) is 23.8 Å². The smallest absolute Gasteiger partial charge is 0.472 e. The van der Waals surface area contributed by atoms with Crippen LogP contribution in [0, 0.1) is 0 Å². The van der Waals surface area contributed by atoms with Gasteiger partial charge in [0.2, 0.25) is 0 Å². The molecular formula is C45H82NO10P. The summed E-state index contributed by atoms with van der Waals surface area (Å²) in [5.74, 6) is -2.40. The van der Waals surface area contributed by atoms with Gasteiger partial charge in [0, 0.05) is 12.8 Å². The molecule has 0 bridgehead atoms. The zero-order chi connectivity index (χ0) is 42.1. The van der Waals surface area contributed by atoms with Crippen LogP contribution in [-0.4, -0.2) is 59.9 Å². The summed E-state index contributed by atoms with van der Waals surface area (Å²) in [5, 5.41) is 8.89. The molecule has 0 aliphatic heterocycles. The van der Waals surface area contributed by atoms with E-state index in [-0.39, 0.29) is 19.4 Å². The third-order valence-corrected chi connectivity index (χ3v) is 10.6. The van der Waals surface area contributed by atoms with Crippen molar-refractivity contribution in [2.45, 2.75) is 212 Å². The summed E-state index contributed by atoms with van der Waals surface area (Å²) in [4.78, 5) is 46.0. The molecule has 57 heavy (non-hydrogen) atoms. The number of phosphoric ester groups is 1. The van der Waals surface area contributed by atoms with Crippen LogP contribution < -0.4 is 5.73 Å². The van der Waals surface area contributed by atoms with E-state index in [4.69, 9.17) is 24.8 Å². The van der Waals surface area contributed by atoms with Crippen molar-refractivity contribution in [2.75, 3.05) is 19.8 Å². The van der Waals surface area contributed by atoms with Crippen molar-refractivity contribution in [2.24, 2.45) is 5.73 Å². The van der Waals surface area contributed by atoms with E-state index in [1.54, 1.807) is 0 Å². The van der Waals surface area contributed by atoms with E-state index in [1.807, 2.05) is 0 Å². The molecule has 332 valence electrons. The molecule has 0 heterocycles. The Morgan fingerprint density at radius 1 is 0.544 bits per heavy atom. The highest BCUT2D eigenvalue weighted by Crippen LogP contribution is 2.43. The van der Waals surface area contributed by atoms with E-state index < -0.39 is 51.1 Å². The molecule has 0 radical (unpaired) electrons. The first-order valence-electron chi connectivity index (χ1n) is 22.5. The maximum absolute atomic E-state index is 12.6. The van der Waals surface area contributed by atoms with Crippen LogP contribution in [0.2, 0.25) is 0 Å². The number of allylic oxidation sites excluding steroid dienone is 6. The van der Waals surface area contributed by atoms with Gasteiger partial charge < -0.3 is 25.2 Å². The molecule has 11 nitrogen and oxygen atoms in total. The molecular weight excluding hydrogens is 745 g/mol. The predicted octanol–water partition coefficient (Wildman–Crippen LogP) is 12.0. The van der Waals surface area contributed by atoms with Crippen LogP contribution in [-0.2, 0) is 37.5 Å². The molecule has 4 N–H and O–H groups in total. The minimum atomic E-state index is -4.72. The number of carbonyl (C=O) groups excluding carboxylic acids is 2. The fourth-order valence-electron chi connectivity index (χ4n) is 6.07. The average molecular weight is 828 g/mol. The topological polar surface area (TPSA) is 172 Å². The Morgan fingerprint density at radius 3 is 1.42 bits per heavy atom. The zero-order valence-corrected chi connectivity index (χ0v) is 36.8. The summed E-state index contributed by atoms with van der Waals surface area (Å²) in [6.07, 6.45) is 43.4. The molecule has 0 saturated carbocycles. The summed E-state index contributed by atoms with van der Waals surface area (Å²) >= 11 is 0. The van der Waals surface area contributed by atoms with E-state index in [2.05, 4.69) is 54.8 Å². The quantitative estimate of drug-likeness (QED) is 0.0231. The van der Waals surface area contributed by atoms with Crippen molar-refractivity contribution in [1.29, 1.82) is 0 Å². The molecule has 0 aliphatic carbocycles. The number of carboxylic acid groups (broad SMARTS) is 1. The SMILES string of the molecule is CCCCC/C=C/C/C=C/C/C=C/CCCCCCC(=O)O[C@H](COC(=O)CCCCCCCCCCCCCCCCCC)COP(=O)(O)OC[C@H](N)C(=O)O. The van der Waals surface area contributed by atoms with E-state index in [0.717, 1.165) is 64.2 Å². The number of carbonyl (C=O) groups is 3. The third kappa shape index (κ3) is 40.3. The number of esters is 2. The Hall–Kier alpha value is -2.30. The van der Waals surface area contributed by atoms with E-state index in [0.29, 0.717) is 12.8 Å². The van der Waals surface area contributed by atoms with Crippen molar-refractivity contribution < 1.29 is 47.5 Å². The van der Waals surface area contributed by atoms with Gasteiger partial charge >= 0.3 is 25.7 Å². The first kappa shape index (κ1) is 54.7. The number of ether oxygens (including phenoxy) is 2. The van der Waals surface area contributed by atoms with Gasteiger partial charge in [-0.3, -0.25) is 23.4 Å². The second kappa shape index (κ2) is 40.5. The number of rotatable bonds is 42. The molecule has 0 aliphatic rings. The summed E-state index contributed by atoms with van der Waals surface area (Å²) in [7, 11) is -4.72. The highest BCUT2D eigenvalue weighted by Gasteiger charge is 2.28. The number of nitrogens with two attached hydrogens (primary N) is 1. The van der Waals surface area contributed by atoms with Crippen molar-refractivity contribution in [3.8, 4) is 0 Å². The molecule has 0 rings (SSSR count). The Balaban J connectivity index is 4.37. The number of hydrogen-bond acceptors (Lipinski definition) is 9. The van der Waals surface area contributed by atoms with Gasteiger partial charge in [-0.15, -0.1) is 0 Å². The lowest BCUT2D eigenvalue weighted by atomic mass is 10.0. The lowest BCUT2D eigenvalue weighted by Gasteiger charge is -2.20. The Labute approximate surface area is 346 Å². The molecule has 3 atom stereocenters. The maximum Gasteiger partial charge on any atom is 0.472 e. The second-order valence-electron chi connectivity index (χ2n) is 15.2. The first-order chi connectivity index (χ1) is 27.6. The van der Waals surface area contributed by atoms with Crippen molar-refractivity contribution in [3.05, 3.63) is 36.5 Å². The van der Waals surface area contributed by atoms with Gasteiger partial charge in [-0.25, -0.2) is 4.57 Å². The van der Waals surface area contributed by atoms with Gasteiger partial charge in [-0.05, 0) is 51.4 Å². The van der Waals surface area contributed by atoms with Gasteiger partial charge in [-0.2, -0.15) is 0 Å². The van der Waals surface area contributed by atoms with Gasteiger partial charge in [0.1, 0.15) is 12.6 Å². The largest absolute Gasteiger partial charge is 0.480 e. The third-order valence-electron chi connectivity index (χ3n) is 9.64. The Bertz CT molecular complexity index is 1110. The molecule has 12 heteroatoms. The highest BCUT2D eigenvalue weighted by molar-refractivity contribution is 7.47. The molecule has 0 aromatic rings. The highest BCUT2D eigenvalue weighted by atomic mass is 31.2. The summed E-state index contributed by atoms with van der Waals surface area (Å²) in [6.45, 7) is 2.77. The van der Waals surface area contributed by atoms with Crippen LogP contribution in [0.5, 0.6) is 0 Å². The summed E-state index contributed by atoms with van der Waals surface area (Å²) < 4.78 is 32.7. The van der Waals surface area contributed by atoms with Crippen LogP contribution in [0.25, 0.3) is 0 Å². The number of phosphoric acid groups is 1. The molecule has 0 saturated heterocycles. The van der Waals surface area contributed by atoms with E-state index in [1.165, 1.54) is 96.3 Å². The Kier molecular flexibility index (Phi) is 38.8. The van der Waals surface area contributed by atoms with Crippen molar-refractivity contribution in [3.63, 3.8) is 0 Å². The number of hydrogen-bond donors (Lipinski definition) is 3. The number of aliphatic carboxylic acids is 1. The van der Waals surface area contributed by atoms with Crippen LogP contribution in [0.3, 0.4) is 0 Å². The summed E-state index contributed by atoms with van der Waals surface area (Å²) in [5.41, 5.74) is 5.33. The van der Waals surface area contributed by atoms with Gasteiger partial charge in [0.15, 0.2) is 6.10 Å². The average Bonchev–Trinajstić information content (AvgIpc) is 3.19. The molecule has 0 aromatic carbocycles. The lowest BCUT2D eigenvalue weighted by molar-refractivity contribution is -0.161. The molecule has 1 unspecified atom stereocenters. The molecule has 0 amide bonds. The van der Waals surface area contributed by atoms with Gasteiger partial charge in [-0.1, -0.05) is 172 Å². The zero-order valence-electron chi connectivity index (χ0n) is 35.9. The fraction of sp³-hybridized carbons (Fsp3) is 0.800. The minimum Gasteiger partial charge on any atom is -0.480 e. The molecule has 0 spiro atoms. The lowest BCUT2D eigenvalue weighted by Crippen LogP contribution is -2.34. The van der Waals surface area contributed by atoms with E-state index >= 15 is 0 Å². The maximum atomic E-state index is 12.6. The normalized spacial score (nSPS) is 14.0. The standard InChI is InChI=1S/C45H82NO10P/c1-3-5-7-9-11-13-15-17-19-21-23-25-27-29-31-33-35-37-44(48)56-41(39-54-57(51,52)55-40-42(46)45(49)50)38-53-43(47)36-34-32-30-28-26-24-22-20-18-16-14-12-10-8-6-4-2/h11,13,17,19,23,25,41-42H,3-10,12,14-16,18,20-22,24,26-40,46H2,1-2H3,(H,49,50)(H,51,52)/b13-11+,19-17+,25-23+/t41-,42+/m1/s1.